The number of halogens is 1. The highest BCUT2D eigenvalue weighted by Gasteiger charge is 2.24. The van der Waals surface area contributed by atoms with Crippen molar-refractivity contribution in [3.8, 4) is 0 Å². The number of ether oxygens (including phenoxy) is 1. The topological polar surface area (TPSA) is 100 Å². The lowest BCUT2D eigenvalue weighted by molar-refractivity contribution is -0.385. The molecule has 0 bridgehead atoms. The number of benzene rings is 1. The van der Waals surface area contributed by atoms with Crippen molar-refractivity contribution < 1.29 is 14.5 Å². The molecule has 0 saturated carbocycles. The largest absolute Gasteiger partial charge is 0.450 e. The van der Waals surface area contributed by atoms with Crippen molar-refractivity contribution in [3.05, 3.63) is 39.9 Å². The summed E-state index contributed by atoms with van der Waals surface area (Å²) in [7, 11) is 1.67. The summed E-state index contributed by atoms with van der Waals surface area (Å²) >= 11 is 0. The van der Waals surface area contributed by atoms with Crippen molar-refractivity contribution in [2.24, 2.45) is 4.99 Å². The third-order valence-corrected chi connectivity index (χ3v) is 3.94. The Morgan fingerprint density at radius 2 is 1.88 bits per heavy atom. The van der Waals surface area contributed by atoms with Gasteiger partial charge in [-0.25, -0.2) is 4.79 Å². The standard InChI is InChI=1S/C16H23N5O4.HI/c1-3-25-16(22)20-10-8-19(9-11-20)15(17-2)18-12-13-6-4-5-7-14(13)21(23)24;/h4-7H,3,8-12H2,1-2H3,(H,17,18);1H. The minimum Gasteiger partial charge on any atom is -0.450 e. The highest BCUT2D eigenvalue weighted by molar-refractivity contribution is 14.0. The number of aliphatic imine (C=N–C) groups is 1. The van der Waals surface area contributed by atoms with Gasteiger partial charge in [0.15, 0.2) is 5.96 Å². The van der Waals surface area contributed by atoms with E-state index < -0.39 is 4.92 Å². The summed E-state index contributed by atoms with van der Waals surface area (Å²) in [6, 6.07) is 6.62. The van der Waals surface area contributed by atoms with Crippen molar-refractivity contribution in [1.29, 1.82) is 0 Å². The molecule has 0 unspecified atom stereocenters. The molecule has 1 fully saturated rings. The molecule has 0 atom stereocenters. The first-order chi connectivity index (χ1) is 12.1. The van der Waals surface area contributed by atoms with Crippen LogP contribution >= 0.6 is 24.0 Å². The molecule has 1 aromatic rings. The second-order valence-corrected chi connectivity index (χ2v) is 5.46. The van der Waals surface area contributed by atoms with Gasteiger partial charge in [-0.05, 0) is 6.92 Å². The van der Waals surface area contributed by atoms with Crippen LogP contribution in [0.4, 0.5) is 10.5 Å². The van der Waals surface area contributed by atoms with Gasteiger partial charge in [0.1, 0.15) is 0 Å². The lowest BCUT2D eigenvalue weighted by atomic mass is 10.2. The van der Waals surface area contributed by atoms with Gasteiger partial charge in [0.2, 0.25) is 0 Å². The summed E-state index contributed by atoms with van der Waals surface area (Å²) in [5.74, 6) is 0.654. The van der Waals surface area contributed by atoms with Crippen LogP contribution < -0.4 is 5.32 Å². The molecule has 26 heavy (non-hydrogen) atoms. The Morgan fingerprint density at radius 1 is 1.27 bits per heavy atom. The number of hydrogen-bond acceptors (Lipinski definition) is 5. The van der Waals surface area contributed by atoms with E-state index in [0.717, 1.165) is 0 Å². The monoisotopic (exact) mass is 477 g/mol. The third kappa shape index (κ3) is 5.71. The van der Waals surface area contributed by atoms with E-state index in [4.69, 9.17) is 4.74 Å². The van der Waals surface area contributed by atoms with Gasteiger partial charge in [-0.1, -0.05) is 18.2 Å². The van der Waals surface area contributed by atoms with Crippen LogP contribution in [0.5, 0.6) is 0 Å². The molecule has 1 aliphatic heterocycles. The molecule has 1 N–H and O–H groups in total. The van der Waals surface area contributed by atoms with E-state index in [2.05, 4.69) is 10.3 Å². The van der Waals surface area contributed by atoms with E-state index in [1.54, 1.807) is 37.1 Å². The number of nitrogens with one attached hydrogen (secondary N) is 1. The van der Waals surface area contributed by atoms with Crippen molar-refractivity contribution in [3.63, 3.8) is 0 Å². The number of rotatable bonds is 4. The van der Waals surface area contributed by atoms with E-state index in [1.165, 1.54) is 6.07 Å². The van der Waals surface area contributed by atoms with Gasteiger partial charge < -0.3 is 19.9 Å². The molecule has 0 radical (unpaired) electrons. The molecule has 144 valence electrons. The summed E-state index contributed by atoms with van der Waals surface area (Å²) < 4.78 is 5.00. The van der Waals surface area contributed by atoms with Gasteiger partial charge in [-0.2, -0.15) is 0 Å². The lowest BCUT2D eigenvalue weighted by Crippen LogP contribution is -2.53. The van der Waals surface area contributed by atoms with Crippen LogP contribution in [0.2, 0.25) is 0 Å². The zero-order valence-corrected chi connectivity index (χ0v) is 17.2. The number of guanidine groups is 1. The van der Waals surface area contributed by atoms with Crippen molar-refractivity contribution in [2.45, 2.75) is 13.5 Å². The number of piperazine rings is 1. The zero-order valence-electron chi connectivity index (χ0n) is 14.9. The second kappa shape index (κ2) is 10.8. The Hall–Kier alpha value is -2.11. The van der Waals surface area contributed by atoms with Gasteiger partial charge >= 0.3 is 6.09 Å². The number of nitrogens with zero attached hydrogens (tertiary/aromatic N) is 4. The van der Waals surface area contributed by atoms with Gasteiger partial charge in [-0.15, -0.1) is 24.0 Å². The van der Waals surface area contributed by atoms with Gasteiger partial charge in [0.25, 0.3) is 5.69 Å². The molecule has 1 amide bonds. The fourth-order valence-corrected chi connectivity index (χ4v) is 2.66. The molecule has 0 spiro atoms. The lowest BCUT2D eigenvalue weighted by Gasteiger charge is -2.35. The SMILES string of the molecule is CCOC(=O)N1CCN(C(=NC)NCc2ccccc2[N+](=O)[O-])CC1.I. The number of amides is 1. The molecule has 0 aromatic heterocycles. The number of carbonyl (C=O) groups is 1. The Kier molecular flexibility index (Phi) is 9.10. The van der Waals surface area contributed by atoms with Crippen molar-refractivity contribution in [1.82, 2.24) is 15.1 Å². The third-order valence-electron chi connectivity index (χ3n) is 3.94. The first kappa shape index (κ1) is 21.9. The van der Waals surface area contributed by atoms with Crippen LogP contribution in [-0.2, 0) is 11.3 Å². The number of nitro benzene ring substituents is 1. The highest BCUT2D eigenvalue weighted by atomic mass is 127. The van der Waals surface area contributed by atoms with Gasteiger partial charge in [0, 0.05) is 51.4 Å². The molecule has 9 nitrogen and oxygen atoms in total. The highest BCUT2D eigenvalue weighted by Crippen LogP contribution is 2.17. The molecule has 1 heterocycles. The molecular weight excluding hydrogens is 453 g/mol. The Bertz CT molecular complexity index is 647. The maximum Gasteiger partial charge on any atom is 0.409 e. The summed E-state index contributed by atoms with van der Waals surface area (Å²) in [6.45, 7) is 4.78. The minimum absolute atomic E-state index is 0. The molecule has 1 saturated heterocycles. The number of para-hydroxylation sites is 1. The summed E-state index contributed by atoms with van der Waals surface area (Å²) in [5, 5.41) is 14.2. The van der Waals surface area contributed by atoms with E-state index in [9.17, 15) is 14.9 Å². The molecule has 10 heteroatoms. The average Bonchev–Trinajstić information content (AvgIpc) is 2.63. The van der Waals surface area contributed by atoms with E-state index in [-0.39, 0.29) is 35.8 Å². The van der Waals surface area contributed by atoms with Crippen LogP contribution in [0.3, 0.4) is 0 Å². The molecular formula is C16H24IN5O4. The predicted octanol–water partition coefficient (Wildman–Crippen LogP) is 2.06. The number of nitro groups is 1. The maximum atomic E-state index is 11.7. The Balaban J connectivity index is 0.00000338. The first-order valence-corrected chi connectivity index (χ1v) is 8.16. The fraction of sp³-hybridized carbons (Fsp3) is 0.500. The van der Waals surface area contributed by atoms with Crippen LogP contribution in [0.25, 0.3) is 0 Å². The van der Waals surface area contributed by atoms with E-state index in [1.807, 2.05) is 4.90 Å². The van der Waals surface area contributed by atoms with Crippen LogP contribution in [-0.4, -0.2) is 66.6 Å². The first-order valence-electron chi connectivity index (χ1n) is 8.16. The normalized spacial score (nSPS) is 14.5. The Labute approximate surface area is 169 Å². The van der Waals surface area contributed by atoms with Crippen LogP contribution in [0.15, 0.2) is 29.3 Å². The van der Waals surface area contributed by atoms with Gasteiger partial charge in [0.05, 0.1) is 11.5 Å². The van der Waals surface area contributed by atoms with Crippen molar-refractivity contribution in [2.75, 3.05) is 39.8 Å². The Morgan fingerprint density at radius 3 is 2.46 bits per heavy atom. The van der Waals surface area contributed by atoms with E-state index >= 15 is 0 Å². The quantitative estimate of drug-likeness (QED) is 0.234. The number of hydrogen-bond donors (Lipinski definition) is 1. The number of carbonyl (C=O) groups excluding carboxylic acids is 1. The molecule has 0 aliphatic carbocycles. The predicted molar refractivity (Wildman–Crippen MR) is 109 cm³/mol. The second-order valence-electron chi connectivity index (χ2n) is 5.46. The molecule has 1 aromatic carbocycles. The van der Waals surface area contributed by atoms with Crippen molar-refractivity contribution >= 4 is 41.7 Å². The minimum atomic E-state index is -0.391. The maximum absolute atomic E-state index is 11.7. The average molecular weight is 477 g/mol. The summed E-state index contributed by atoms with van der Waals surface area (Å²) in [6.07, 6.45) is -0.301. The zero-order chi connectivity index (χ0) is 18.2. The van der Waals surface area contributed by atoms with Crippen LogP contribution in [0.1, 0.15) is 12.5 Å². The summed E-state index contributed by atoms with van der Waals surface area (Å²) in [4.78, 5) is 30.3. The molecule has 1 aliphatic rings. The fourth-order valence-electron chi connectivity index (χ4n) is 2.66. The molecule has 2 rings (SSSR count). The smallest absolute Gasteiger partial charge is 0.409 e. The summed E-state index contributed by atoms with van der Waals surface area (Å²) in [5.41, 5.74) is 0.677. The van der Waals surface area contributed by atoms with E-state index in [0.29, 0.717) is 50.9 Å². The van der Waals surface area contributed by atoms with Gasteiger partial charge in [-0.3, -0.25) is 15.1 Å². The van der Waals surface area contributed by atoms with Crippen LogP contribution in [0, 0.1) is 10.1 Å².